The minimum absolute atomic E-state index is 0.0561. The summed E-state index contributed by atoms with van der Waals surface area (Å²) in [5.41, 5.74) is 4.80. The summed E-state index contributed by atoms with van der Waals surface area (Å²) >= 11 is 0. The Hall–Kier alpha value is -3.68. The van der Waals surface area contributed by atoms with Gasteiger partial charge in [-0.2, -0.15) is 13.2 Å². The second-order valence-corrected chi connectivity index (χ2v) is 11.9. The first kappa shape index (κ1) is 29.3. The molecule has 5 N–H and O–H groups in total. The number of aliphatic imine (C=N–C) groups is 1. The lowest BCUT2D eigenvalue weighted by molar-refractivity contribution is -0.192. The van der Waals surface area contributed by atoms with Crippen molar-refractivity contribution in [2.45, 2.75) is 57.0 Å². The van der Waals surface area contributed by atoms with Crippen molar-refractivity contribution < 1.29 is 36.6 Å². The number of rotatable bonds is 6. The van der Waals surface area contributed by atoms with Crippen molar-refractivity contribution in [1.82, 2.24) is 0 Å². The Morgan fingerprint density at radius 3 is 2.52 bits per heavy atom. The maximum atomic E-state index is 14.2. The third kappa shape index (κ3) is 5.49. The second-order valence-electron chi connectivity index (χ2n) is 10.2. The first-order valence-electron chi connectivity index (χ1n) is 12.3. The number of ether oxygens (including phenoxy) is 1. The van der Waals surface area contributed by atoms with E-state index in [1.165, 1.54) is 30.3 Å². The van der Waals surface area contributed by atoms with Gasteiger partial charge >= 0.3 is 12.1 Å². The molecule has 4 rings (SSSR count). The van der Waals surface area contributed by atoms with E-state index in [9.17, 15) is 31.9 Å². The Labute approximate surface area is 230 Å². The SMILES string of the molecule is CC(N)=Nc1ccc2c(c1)S(O)(O)N=C(C1=C(OC(=O)C(F)(F)F)c3ccccc3[C@@](C)(CCC(C)C)C1=O)N2. The van der Waals surface area contributed by atoms with Gasteiger partial charge in [0.05, 0.1) is 22.6 Å². The first-order valence-corrected chi connectivity index (χ1v) is 13.8. The van der Waals surface area contributed by atoms with E-state index >= 15 is 0 Å². The van der Waals surface area contributed by atoms with E-state index in [1.54, 1.807) is 26.0 Å². The smallest absolute Gasteiger partial charge is 0.418 e. The molecule has 0 saturated carbocycles. The van der Waals surface area contributed by atoms with Crippen LogP contribution in [0.1, 0.15) is 51.7 Å². The zero-order valence-corrected chi connectivity index (χ0v) is 23.0. The lowest BCUT2D eigenvalue weighted by atomic mass is 9.66. The van der Waals surface area contributed by atoms with Crippen LogP contribution in [-0.2, 0) is 19.7 Å². The number of esters is 1. The number of carbonyl (C=O) groups is 2. The van der Waals surface area contributed by atoms with Crippen LogP contribution in [0.2, 0.25) is 0 Å². The number of hydrogen-bond donors (Lipinski definition) is 4. The van der Waals surface area contributed by atoms with E-state index in [2.05, 4.69) is 14.7 Å². The highest BCUT2D eigenvalue weighted by Crippen LogP contribution is 2.57. The highest BCUT2D eigenvalue weighted by atomic mass is 32.3. The number of hydrogen-bond acceptors (Lipinski definition) is 8. The van der Waals surface area contributed by atoms with Gasteiger partial charge in [0.1, 0.15) is 10.5 Å². The van der Waals surface area contributed by atoms with Gasteiger partial charge in [0.25, 0.3) is 0 Å². The van der Waals surface area contributed by atoms with E-state index in [4.69, 9.17) is 10.5 Å². The van der Waals surface area contributed by atoms with Gasteiger partial charge in [-0.1, -0.05) is 48.9 Å². The fourth-order valence-electron chi connectivity index (χ4n) is 4.64. The summed E-state index contributed by atoms with van der Waals surface area (Å²) in [6.07, 6.45) is -4.43. The monoisotopic (exact) mass is 578 g/mol. The molecule has 0 fully saturated rings. The molecule has 2 aromatic rings. The molecule has 0 spiro atoms. The molecular formula is C27H29F3N4O5S. The number of anilines is 1. The number of nitrogens with zero attached hydrogens (tertiary/aromatic N) is 2. The van der Waals surface area contributed by atoms with Gasteiger partial charge in [0.15, 0.2) is 17.4 Å². The van der Waals surface area contributed by atoms with Crippen molar-refractivity contribution in [3.63, 3.8) is 0 Å². The molecule has 1 atom stereocenters. The summed E-state index contributed by atoms with van der Waals surface area (Å²) in [5, 5.41) is 2.83. The van der Waals surface area contributed by atoms with E-state index in [0.29, 0.717) is 24.1 Å². The standard InChI is InChI=1S/C27H29F3N4O5S/c1-14(2)11-12-26(4)18-8-6-5-7-17(18)22(39-25(36)27(28,29)30)21(23(26)35)24-33-19-10-9-16(32-15(3)31)13-20(19)40(37,38)34-24/h5-10,13-14,37-38H,11-12H2,1-4H3,(H2,31,32)(H,33,34)/t26-/m1/s1. The van der Waals surface area contributed by atoms with Crippen molar-refractivity contribution in [3.8, 4) is 0 Å². The van der Waals surface area contributed by atoms with Crippen LogP contribution in [0, 0.1) is 5.92 Å². The molecule has 0 saturated heterocycles. The van der Waals surface area contributed by atoms with Gasteiger partial charge in [-0.25, -0.2) is 9.79 Å². The van der Waals surface area contributed by atoms with Crippen LogP contribution in [-0.4, -0.2) is 38.7 Å². The van der Waals surface area contributed by atoms with Crippen molar-refractivity contribution in [2.24, 2.45) is 21.0 Å². The number of amidine groups is 2. The zero-order chi connectivity index (χ0) is 29.6. The van der Waals surface area contributed by atoms with Crippen LogP contribution >= 0.6 is 10.8 Å². The lowest BCUT2D eigenvalue weighted by Crippen LogP contribution is -2.43. The molecule has 214 valence electrons. The van der Waals surface area contributed by atoms with Gasteiger partial charge in [0, 0.05) is 5.56 Å². The number of benzene rings is 2. The van der Waals surface area contributed by atoms with Crippen molar-refractivity contribution >= 4 is 51.3 Å². The Balaban J connectivity index is 1.95. The van der Waals surface area contributed by atoms with Gasteiger partial charge in [-0.3, -0.25) is 13.9 Å². The van der Waals surface area contributed by atoms with Crippen LogP contribution in [0.15, 0.2) is 62.3 Å². The quantitative estimate of drug-likeness (QED) is 0.178. The third-order valence-corrected chi connectivity index (χ3v) is 8.01. The van der Waals surface area contributed by atoms with Gasteiger partial charge < -0.3 is 15.8 Å². The molecule has 9 nitrogen and oxygen atoms in total. The fraction of sp³-hybridized carbons (Fsp3) is 0.333. The molecule has 0 aromatic heterocycles. The lowest BCUT2D eigenvalue weighted by Gasteiger charge is -2.39. The maximum absolute atomic E-state index is 14.2. The predicted octanol–water partition coefficient (Wildman–Crippen LogP) is 6.34. The molecule has 0 amide bonds. The number of nitrogens with two attached hydrogens (primary N) is 1. The highest BCUT2D eigenvalue weighted by Gasteiger charge is 2.49. The highest BCUT2D eigenvalue weighted by molar-refractivity contribution is 8.23. The predicted molar refractivity (Wildman–Crippen MR) is 148 cm³/mol. The van der Waals surface area contributed by atoms with Crippen LogP contribution in [0.5, 0.6) is 0 Å². The largest absolute Gasteiger partial charge is 0.491 e. The van der Waals surface area contributed by atoms with E-state index in [0.717, 1.165) is 0 Å². The minimum atomic E-state index is -5.36. The van der Waals surface area contributed by atoms with Crippen molar-refractivity contribution in [3.05, 3.63) is 59.2 Å². The van der Waals surface area contributed by atoms with Crippen LogP contribution in [0.4, 0.5) is 24.5 Å². The molecule has 0 radical (unpaired) electrons. The van der Waals surface area contributed by atoms with Gasteiger partial charge in [-0.05, 0) is 56.4 Å². The number of halogens is 3. The Morgan fingerprint density at radius 1 is 1.23 bits per heavy atom. The molecule has 0 unspecified atom stereocenters. The molecule has 13 heteroatoms. The summed E-state index contributed by atoms with van der Waals surface area (Å²) < 4.78 is 70.8. The van der Waals surface area contributed by atoms with Gasteiger partial charge in [-0.15, -0.1) is 4.40 Å². The number of nitrogens with one attached hydrogen (secondary N) is 1. The number of ketones is 1. The first-order chi connectivity index (χ1) is 18.5. The van der Waals surface area contributed by atoms with E-state index < -0.39 is 51.3 Å². The Kier molecular flexibility index (Phi) is 7.60. The van der Waals surface area contributed by atoms with Crippen LogP contribution in [0.3, 0.4) is 0 Å². The summed E-state index contributed by atoms with van der Waals surface area (Å²) in [4.78, 5) is 30.3. The molecular weight excluding hydrogens is 549 g/mol. The number of carbonyl (C=O) groups excluding carboxylic acids is 2. The summed E-state index contributed by atoms with van der Waals surface area (Å²) in [6.45, 7) is 7.15. The molecule has 40 heavy (non-hydrogen) atoms. The molecule has 2 aliphatic rings. The molecule has 1 aliphatic carbocycles. The summed E-state index contributed by atoms with van der Waals surface area (Å²) in [7, 11) is -3.98. The average Bonchev–Trinajstić information content (AvgIpc) is 2.85. The molecule has 1 aliphatic heterocycles. The summed E-state index contributed by atoms with van der Waals surface area (Å²) in [5.74, 6) is -3.89. The second kappa shape index (κ2) is 10.4. The molecule has 2 aromatic carbocycles. The minimum Gasteiger partial charge on any atom is -0.418 e. The summed E-state index contributed by atoms with van der Waals surface area (Å²) in [6, 6.07) is 10.5. The van der Waals surface area contributed by atoms with Crippen LogP contribution in [0.25, 0.3) is 5.76 Å². The average molecular weight is 579 g/mol. The molecule has 0 bridgehead atoms. The number of Topliss-reactive ketones (excluding diaryl/α,β-unsaturated/α-hetero) is 1. The van der Waals surface area contributed by atoms with E-state index in [-0.39, 0.29) is 27.9 Å². The fourth-order valence-corrected chi connectivity index (χ4v) is 5.83. The topological polar surface area (TPSA) is 147 Å². The third-order valence-electron chi connectivity index (χ3n) is 6.64. The Bertz CT molecular complexity index is 1480. The number of fused-ring (bicyclic) bond motifs is 2. The van der Waals surface area contributed by atoms with Crippen molar-refractivity contribution in [1.29, 1.82) is 0 Å². The van der Waals surface area contributed by atoms with Crippen LogP contribution < -0.4 is 11.1 Å². The normalized spacial score (nSPS) is 21.3. The van der Waals surface area contributed by atoms with Gasteiger partial charge in [0.2, 0.25) is 0 Å². The zero-order valence-electron chi connectivity index (χ0n) is 22.2. The number of alkyl halides is 3. The van der Waals surface area contributed by atoms with Crippen molar-refractivity contribution in [2.75, 3.05) is 5.32 Å². The molecule has 1 heterocycles. The van der Waals surface area contributed by atoms with E-state index in [1.807, 2.05) is 13.8 Å². The maximum Gasteiger partial charge on any atom is 0.491 e. The Morgan fingerprint density at radius 2 is 1.90 bits per heavy atom.